The van der Waals surface area contributed by atoms with Gasteiger partial charge in [-0.2, -0.15) is 0 Å². The molecule has 2 unspecified atom stereocenters. The van der Waals surface area contributed by atoms with Gasteiger partial charge in [0, 0.05) is 19.1 Å². The van der Waals surface area contributed by atoms with E-state index >= 15 is 0 Å². The van der Waals surface area contributed by atoms with E-state index in [9.17, 15) is 0 Å². The first-order valence-electron chi connectivity index (χ1n) is 6.60. The van der Waals surface area contributed by atoms with Crippen LogP contribution < -0.4 is 5.73 Å². The molecule has 2 nitrogen and oxygen atoms in total. The fraction of sp³-hybridized carbons (Fsp3) is 0.600. The number of nitrogens with two attached hydrogens (primary N) is 1. The summed E-state index contributed by atoms with van der Waals surface area (Å²) in [5.41, 5.74) is 10.2. The van der Waals surface area contributed by atoms with Crippen LogP contribution in [0.3, 0.4) is 0 Å². The lowest BCUT2D eigenvalue weighted by molar-refractivity contribution is 0.308. The standard InChI is InChI=1S/C15H24N2/c1-11-4-5-12(2)15(8-11)10-17-7-6-14(9-17)13(3)16/h4-5,8,13-14H,6-7,9-10,16H2,1-3H3. The molecule has 1 saturated heterocycles. The molecule has 1 aromatic carbocycles. The molecule has 1 aliphatic rings. The van der Waals surface area contributed by atoms with Crippen LogP contribution >= 0.6 is 0 Å². The van der Waals surface area contributed by atoms with Gasteiger partial charge in [0.2, 0.25) is 0 Å². The Kier molecular flexibility index (Phi) is 3.85. The molecule has 0 aliphatic carbocycles. The number of aryl methyl sites for hydroxylation is 2. The third-order valence-corrected chi connectivity index (χ3v) is 3.95. The maximum atomic E-state index is 5.98. The van der Waals surface area contributed by atoms with Crippen molar-refractivity contribution in [3.05, 3.63) is 34.9 Å². The third kappa shape index (κ3) is 3.08. The van der Waals surface area contributed by atoms with Crippen LogP contribution in [-0.4, -0.2) is 24.0 Å². The normalized spacial score (nSPS) is 22.9. The van der Waals surface area contributed by atoms with Gasteiger partial charge >= 0.3 is 0 Å². The number of hydrogen-bond acceptors (Lipinski definition) is 2. The second kappa shape index (κ2) is 5.19. The van der Waals surface area contributed by atoms with Gasteiger partial charge in [-0.3, -0.25) is 4.90 Å². The predicted molar refractivity (Wildman–Crippen MR) is 72.9 cm³/mol. The lowest BCUT2D eigenvalue weighted by Crippen LogP contribution is -2.29. The molecule has 1 aromatic rings. The summed E-state index contributed by atoms with van der Waals surface area (Å²) in [6.45, 7) is 9.93. The molecule has 0 saturated carbocycles. The van der Waals surface area contributed by atoms with Crippen LogP contribution in [0.4, 0.5) is 0 Å². The Morgan fingerprint density at radius 3 is 2.82 bits per heavy atom. The van der Waals surface area contributed by atoms with E-state index in [1.165, 1.54) is 29.7 Å². The summed E-state index contributed by atoms with van der Waals surface area (Å²) in [6.07, 6.45) is 1.25. The molecular weight excluding hydrogens is 208 g/mol. The van der Waals surface area contributed by atoms with Crippen molar-refractivity contribution in [3.63, 3.8) is 0 Å². The minimum absolute atomic E-state index is 0.332. The van der Waals surface area contributed by atoms with Crippen molar-refractivity contribution in [2.45, 2.75) is 39.8 Å². The summed E-state index contributed by atoms with van der Waals surface area (Å²) in [6, 6.07) is 7.06. The van der Waals surface area contributed by atoms with Crippen LogP contribution in [0, 0.1) is 19.8 Å². The minimum Gasteiger partial charge on any atom is -0.328 e. The molecule has 2 N–H and O–H groups in total. The van der Waals surface area contributed by atoms with Crippen LogP contribution in [0.2, 0.25) is 0 Å². The third-order valence-electron chi connectivity index (χ3n) is 3.95. The first-order chi connectivity index (χ1) is 8.06. The van der Waals surface area contributed by atoms with E-state index in [0.717, 1.165) is 13.1 Å². The van der Waals surface area contributed by atoms with Gasteiger partial charge in [-0.25, -0.2) is 0 Å². The van der Waals surface area contributed by atoms with E-state index in [0.29, 0.717) is 12.0 Å². The van der Waals surface area contributed by atoms with Crippen LogP contribution in [0.15, 0.2) is 18.2 Å². The summed E-state index contributed by atoms with van der Waals surface area (Å²) in [4.78, 5) is 2.54. The van der Waals surface area contributed by atoms with Crippen LogP contribution in [-0.2, 0) is 6.54 Å². The molecular formula is C15H24N2. The lowest BCUT2D eigenvalue weighted by atomic mass is 10.0. The van der Waals surface area contributed by atoms with Crippen LogP contribution in [0.25, 0.3) is 0 Å². The Bertz CT molecular complexity index is 385. The summed E-state index contributed by atoms with van der Waals surface area (Å²) in [5, 5.41) is 0. The van der Waals surface area contributed by atoms with Gasteiger partial charge in [-0.1, -0.05) is 23.8 Å². The molecule has 0 aromatic heterocycles. The zero-order chi connectivity index (χ0) is 12.4. The first kappa shape index (κ1) is 12.6. The monoisotopic (exact) mass is 232 g/mol. The Balaban J connectivity index is 2.00. The Hall–Kier alpha value is -0.860. The van der Waals surface area contributed by atoms with Crippen molar-refractivity contribution in [1.82, 2.24) is 4.90 Å². The van der Waals surface area contributed by atoms with Gasteiger partial charge in [0.15, 0.2) is 0 Å². The van der Waals surface area contributed by atoms with Crippen molar-refractivity contribution in [1.29, 1.82) is 0 Å². The molecule has 2 heteroatoms. The van der Waals surface area contributed by atoms with Crippen molar-refractivity contribution >= 4 is 0 Å². The zero-order valence-corrected chi connectivity index (χ0v) is 11.2. The van der Waals surface area contributed by atoms with Crippen molar-refractivity contribution in [3.8, 4) is 0 Å². The molecule has 0 bridgehead atoms. The molecule has 0 spiro atoms. The average Bonchev–Trinajstić information content (AvgIpc) is 2.72. The topological polar surface area (TPSA) is 29.3 Å². The van der Waals surface area contributed by atoms with Gasteiger partial charge in [-0.05, 0) is 50.8 Å². The number of likely N-dealkylation sites (tertiary alicyclic amines) is 1. The van der Waals surface area contributed by atoms with Crippen molar-refractivity contribution in [2.24, 2.45) is 11.7 Å². The van der Waals surface area contributed by atoms with E-state index in [-0.39, 0.29) is 0 Å². The average molecular weight is 232 g/mol. The summed E-state index contributed by atoms with van der Waals surface area (Å²) < 4.78 is 0. The molecule has 94 valence electrons. The fourth-order valence-electron chi connectivity index (χ4n) is 2.65. The highest BCUT2D eigenvalue weighted by Gasteiger charge is 2.25. The Labute approximate surface area is 105 Å². The summed E-state index contributed by atoms with van der Waals surface area (Å²) in [5.74, 6) is 0.681. The molecule has 0 amide bonds. The largest absolute Gasteiger partial charge is 0.328 e. The van der Waals surface area contributed by atoms with Crippen LogP contribution in [0.5, 0.6) is 0 Å². The van der Waals surface area contributed by atoms with E-state index in [1.807, 2.05) is 0 Å². The molecule has 2 atom stereocenters. The highest BCUT2D eigenvalue weighted by atomic mass is 15.1. The molecule has 1 heterocycles. The maximum Gasteiger partial charge on any atom is 0.0236 e. The van der Waals surface area contributed by atoms with E-state index in [2.05, 4.69) is 43.9 Å². The highest BCUT2D eigenvalue weighted by molar-refractivity contribution is 5.30. The second-order valence-corrected chi connectivity index (χ2v) is 5.57. The van der Waals surface area contributed by atoms with Gasteiger partial charge in [0.25, 0.3) is 0 Å². The van der Waals surface area contributed by atoms with Gasteiger partial charge in [-0.15, -0.1) is 0 Å². The smallest absolute Gasteiger partial charge is 0.0236 e. The Morgan fingerprint density at radius 1 is 1.41 bits per heavy atom. The summed E-state index contributed by atoms with van der Waals surface area (Å²) in [7, 11) is 0. The van der Waals surface area contributed by atoms with Gasteiger partial charge in [0.1, 0.15) is 0 Å². The quantitative estimate of drug-likeness (QED) is 0.867. The Morgan fingerprint density at radius 2 is 2.18 bits per heavy atom. The number of benzene rings is 1. The predicted octanol–water partition coefficient (Wildman–Crippen LogP) is 2.47. The van der Waals surface area contributed by atoms with E-state index < -0.39 is 0 Å². The lowest BCUT2D eigenvalue weighted by Gasteiger charge is -2.19. The molecule has 1 fully saturated rings. The first-order valence-corrected chi connectivity index (χ1v) is 6.60. The minimum atomic E-state index is 0.332. The fourth-order valence-corrected chi connectivity index (χ4v) is 2.65. The van der Waals surface area contributed by atoms with Crippen LogP contribution in [0.1, 0.15) is 30.0 Å². The SMILES string of the molecule is Cc1ccc(C)c(CN2CCC(C(C)N)C2)c1. The number of nitrogens with zero attached hydrogens (tertiary/aromatic N) is 1. The molecule has 2 rings (SSSR count). The van der Waals surface area contributed by atoms with E-state index in [1.54, 1.807) is 0 Å². The molecule has 1 aliphatic heterocycles. The van der Waals surface area contributed by atoms with Crippen molar-refractivity contribution < 1.29 is 0 Å². The molecule has 0 radical (unpaired) electrons. The van der Waals surface area contributed by atoms with Gasteiger partial charge < -0.3 is 5.73 Å². The number of rotatable bonds is 3. The second-order valence-electron chi connectivity index (χ2n) is 5.57. The molecule has 17 heavy (non-hydrogen) atoms. The highest BCUT2D eigenvalue weighted by Crippen LogP contribution is 2.22. The number of hydrogen-bond donors (Lipinski definition) is 1. The van der Waals surface area contributed by atoms with E-state index in [4.69, 9.17) is 5.73 Å². The van der Waals surface area contributed by atoms with Crippen molar-refractivity contribution in [2.75, 3.05) is 13.1 Å². The van der Waals surface area contributed by atoms with Gasteiger partial charge in [0.05, 0.1) is 0 Å². The maximum absolute atomic E-state index is 5.98. The summed E-state index contributed by atoms with van der Waals surface area (Å²) >= 11 is 0. The zero-order valence-electron chi connectivity index (χ0n) is 11.2.